The minimum absolute atomic E-state index is 0.0635. The molecule has 98 valence electrons. The zero-order valence-corrected chi connectivity index (χ0v) is 10.8. The number of hydrogen-bond acceptors (Lipinski definition) is 5. The van der Waals surface area contributed by atoms with E-state index in [2.05, 4.69) is 9.97 Å². The van der Waals surface area contributed by atoms with Crippen LogP contribution in [0.5, 0.6) is 5.75 Å². The third-order valence-corrected chi connectivity index (χ3v) is 3.63. The second-order valence-electron chi connectivity index (χ2n) is 4.60. The molecule has 19 heavy (non-hydrogen) atoms. The lowest BCUT2D eigenvalue weighted by Gasteiger charge is -2.34. The third kappa shape index (κ3) is 2.00. The second kappa shape index (κ2) is 4.67. The zero-order valence-electron chi connectivity index (χ0n) is 10.0. The Morgan fingerprint density at radius 1 is 1.47 bits per heavy atom. The van der Waals surface area contributed by atoms with Gasteiger partial charge in [0.1, 0.15) is 6.07 Å². The first-order valence-electron chi connectivity index (χ1n) is 6.12. The third-order valence-electron chi connectivity index (χ3n) is 3.45. The maximum absolute atomic E-state index is 12.3. The van der Waals surface area contributed by atoms with E-state index in [-0.39, 0.29) is 17.2 Å². The van der Waals surface area contributed by atoms with Crippen molar-refractivity contribution in [2.75, 3.05) is 4.90 Å². The number of carbonyl (C=O) groups excluding carboxylic acids is 1. The molecule has 2 aliphatic rings. The molecule has 1 amide bonds. The van der Waals surface area contributed by atoms with Crippen molar-refractivity contribution in [3.8, 4) is 11.8 Å². The Labute approximate surface area is 115 Å². The molecule has 1 aliphatic carbocycles. The van der Waals surface area contributed by atoms with Gasteiger partial charge >= 0.3 is 0 Å². The normalized spacial score (nSPS) is 22.8. The zero-order chi connectivity index (χ0) is 13.4. The van der Waals surface area contributed by atoms with Gasteiger partial charge in [0.15, 0.2) is 11.6 Å². The molecule has 0 radical (unpaired) electrons. The molecule has 0 saturated heterocycles. The number of aromatic nitrogens is 2. The molecule has 1 saturated carbocycles. The number of nitriles is 1. The molecule has 1 aliphatic heterocycles. The lowest BCUT2D eigenvalue weighted by molar-refractivity contribution is -0.124. The van der Waals surface area contributed by atoms with E-state index in [1.54, 1.807) is 4.90 Å². The van der Waals surface area contributed by atoms with Crippen molar-refractivity contribution in [3.63, 3.8) is 0 Å². The van der Waals surface area contributed by atoms with Crippen LogP contribution in [0.3, 0.4) is 0 Å². The maximum atomic E-state index is 12.3. The molecule has 1 atom stereocenters. The summed E-state index contributed by atoms with van der Waals surface area (Å²) in [7, 11) is 0. The number of hydrogen-bond donors (Lipinski definition) is 0. The second-order valence-corrected chi connectivity index (χ2v) is 4.94. The molecule has 2 heterocycles. The van der Waals surface area contributed by atoms with Crippen LogP contribution >= 0.6 is 11.6 Å². The number of anilines is 1. The van der Waals surface area contributed by atoms with Gasteiger partial charge in [-0.1, -0.05) is 12.8 Å². The van der Waals surface area contributed by atoms with E-state index in [1.807, 2.05) is 6.07 Å². The number of ether oxygens (including phenoxy) is 1. The Bertz CT molecular complexity index is 565. The summed E-state index contributed by atoms with van der Waals surface area (Å²) in [5.74, 6) is 0.350. The molecular formula is C12H11ClN4O2. The molecule has 0 N–H and O–H groups in total. The highest BCUT2D eigenvalue weighted by Crippen LogP contribution is 2.37. The van der Waals surface area contributed by atoms with E-state index in [0.29, 0.717) is 11.6 Å². The van der Waals surface area contributed by atoms with E-state index in [0.717, 1.165) is 25.7 Å². The Kier molecular flexibility index (Phi) is 2.99. The fourth-order valence-electron chi connectivity index (χ4n) is 2.60. The van der Waals surface area contributed by atoms with Gasteiger partial charge in [-0.25, -0.2) is 4.98 Å². The van der Waals surface area contributed by atoms with Crippen molar-refractivity contribution in [2.45, 2.75) is 37.8 Å². The molecule has 1 fully saturated rings. The van der Waals surface area contributed by atoms with Gasteiger partial charge in [-0.05, 0) is 24.4 Å². The summed E-state index contributed by atoms with van der Waals surface area (Å²) in [5, 5.41) is 9.08. The molecule has 1 unspecified atom stereocenters. The monoisotopic (exact) mass is 278 g/mol. The van der Waals surface area contributed by atoms with Crippen molar-refractivity contribution < 1.29 is 9.53 Å². The van der Waals surface area contributed by atoms with Gasteiger partial charge in [0.05, 0.1) is 6.20 Å². The first-order valence-corrected chi connectivity index (χ1v) is 6.50. The molecule has 3 rings (SSSR count). The molecule has 1 aromatic rings. The Balaban J connectivity index is 2.07. The number of rotatable bonds is 1. The Hall–Kier alpha value is -1.87. The van der Waals surface area contributed by atoms with Gasteiger partial charge < -0.3 is 4.74 Å². The van der Waals surface area contributed by atoms with Crippen LogP contribution in [0.2, 0.25) is 5.28 Å². The summed E-state index contributed by atoms with van der Waals surface area (Å²) in [5.41, 5.74) is 0. The van der Waals surface area contributed by atoms with Crippen LogP contribution in [0.15, 0.2) is 6.20 Å². The highest BCUT2D eigenvalue weighted by Gasteiger charge is 2.40. The van der Waals surface area contributed by atoms with Crippen LogP contribution in [0, 0.1) is 11.3 Å². The summed E-state index contributed by atoms with van der Waals surface area (Å²) >= 11 is 5.79. The molecule has 6 nitrogen and oxygen atoms in total. The van der Waals surface area contributed by atoms with Crippen LogP contribution < -0.4 is 9.64 Å². The van der Waals surface area contributed by atoms with Crippen LogP contribution in [0.25, 0.3) is 0 Å². The minimum Gasteiger partial charge on any atom is -0.460 e. The van der Waals surface area contributed by atoms with Crippen LogP contribution in [0.1, 0.15) is 25.7 Å². The smallest absolute Gasteiger partial charge is 0.284 e. The SMILES string of the molecule is N#CC1Oc2cnc(Cl)nc2N(C2CCCC2)C1=O. The van der Waals surface area contributed by atoms with Crippen molar-refractivity contribution in [2.24, 2.45) is 0 Å². The lowest BCUT2D eigenvalue weighted by atomic mass is 10.1. The number of fused-ring (bicyclic) bond motifs is 1. The quantitative estimate of drug-likeness (QED) is 0.730. The largest absolute Gasteiger partial charge is 0.460 e. The molecule has 0 aromatic carbocycles. The highest BCUT2D eigenvalue weighted by atomic mass is 35.5. The minimum atomic E-state index is -1.13. The Morgan fingerprint density at radius 3 is 2.89 bits per heavy atom. The lowest BCUT2D eigenvalue weighted by Crippen LogP contribution is -2.50. The predicted octanol–water partition coefficient (Wildman–Crippen LogP) is 1.69. The fraction of sp³-hybridized carbons (Fsp3) is 0.500. The van der Waals surface area contributed by atoms with Gasteiger partial charge in [0, 0.05) is 6.04 Å². The van der Waals surface area contributed by atoms with Gasteiger partial charge in [0.25, 0.3) is 12.0 Å². The van der Waals surface area contributed by atoms with E-state index < -0.39 is 6.10 Å². The molecule has 0 bridgehead atoms. The summed E-state index contributed by atoms with van der Waals surface area (Å²) in [6.07, 6.45) is 4.23. The van der Waals surface area contributed by atoms with Crippen LogP contribution in [-0.2, 0) is 4.79 Å². The topological polar surface area (TPSA) is 79.1 Å². The van der Waals surface area contributed by atoms with Crippen LogP contribution in [-0.4, -0.2) is 28.0 Å². The highest BCUT2D eigenvalue weighted by molar-refractivity contribution is 6.28. The first-order chi connectivity index (χ1) is 9.20. The summed E-state index contributed by atoms with van der Waals surface area (Å²) in [4.78, 5) is 21.8. The van der Waals surface area contributed by atoms with E-state index in [4.69, 9.17) is 21.6 Å². The molecule has 1 aromatic heterocycles. The van der Waals surface area contributed by atoms with Crippen molar-refractivity contribution in [1.29, 1.82) is 5.26 Å². The van der Waals surface area contributed by atoms with Gasteiger partial charge in [0.2, 0.25) is 5.28 Å². The van der Waals surface area contributed by atoms with Gasteiger partial charge in [-0.2, -0.15) is 10.2 Å². The van der Waals surface area contributed by atoms with E-state index in [9.17, 15) is 4.79 Å². The predicted molar refractivity (Wildman–Crippen MR) is 66.8 cm³/mol. The number of carbonyl (C=O) groups is 1. The molecule has 7 heteroatoms. The Morgan fingerprint density at radius 2 is 2.21 bits per heavy atom. The standard InChI is InChI=1S/C12H11ClN4O2/c13-12-15-6-9-10(16-12)17(7-3-1-2-4-7)11(18)8(5-14)19-9/h6-8H,1-4H2. The fourth-order valence-corrected chi connectivity index (χ4v) is 2.73. The average Bonchev–Trinajstić information content (AvgIpc) is 2.91. The summed E-state index contributed by atoms with van der Waals surface area (Å²) < 4.78 is 5.30. The van der Waals surface area contributed by atoms with E-state index >= 15 is 0 Å². The van der Waals surface area contributed by atoms with Crippen molar-refractivity contribution in [1.82, 2.24) is 9.97 Å². The van der Waals surface area contributed by atoms with Crippen molar-refractivity contribution in [3.05, 3.63) is 11.5 Å². The number of halogens is 1. The van der Waals surface area contributed by atoms with Crippen LogP contribution in [0.4, 0.5) is 5.82 Å². The first kappa shape index (κ1) is 12.2. The summed E-state index contributed by atoms with van der Waals surface area (Å²) in [6, 6.07) is 1.93. The molecule has 0 spiro atoms. The number of nitrogens with zero attached hydrogens (tertiary/aromatic N) is 4. The maximum Gasteiger partial charge on any atom is 0.284 e. The average molecular weight is 279 g/mol. The summed E-state index contributed by atoms with van der Waals surface area (Å²) in [6.45, 7) is 0. The van der Waals surface area contributed by atoms with Gasteiger partial charge in [-0.3, -0.25) is 9.69 Å². The van der Waals surface area contributed by atoms with E-state index in [1.165, 1.54) is 6.20 Å². The number of amides is 1. The van der Waals surface area contributed by atoms with Gasteiger partial charge in [-0.15, -0.1) is 0 Å². The van der Waals surface area contributed by atoms with Crippen molar-refractivity contribution >= 4 is 23.3 Å². The molecular weight excluding hydrogens is 268 g/mol.